The van der Waals surface area contributed by atoms with Gasteiger partial charge in [0.05, 0.1) is 12.1 Å². The Balaban J connectivity index is 1.54. The van der Waals surface area contributed by atoms with Crippen LogP contribution in [0.15, 0.2) is 65.0 Å². The maximum absolute atomic E-state index is 12.7. The fraction of sp³-hybridized carbons (Fsp3) is 0.125. The fourth-order valence-electron chi connectivity index (χ4n) is 3.57. The summed E-state index contributed by atoms with van der Waals surface area (Å²) in [6, 6.07) is 11.7. The van der Waals surface area contributed by atoms with Crippen molar-refractivity contribution in [3.63, 3.8) is 0 Å². The van der Waals surface area contributed by atoms with E-state index in [4.69, 9.17) is 11.1 Å². The molecule has 0 fully saturated rings. The molecule has 0 bridgehead atoms. The van der Waals surface area contributed by atoms with Gasteiger partial charge in [-0.2, -0.15) is 0 Å². The molecule has 2 heterocycles. The van der Waals surface area contributed by atoms with E-state index in [0.29, 0.717) is 41.5 Å². The van der Waals surface area contributed by atoms with Crippen LogP contribution in [0.2, 0.25) is 0 Å². The van der Waals surface area contributed by atoms with E-state index in [9.17, 15) is 19.5 Å². The van der Waals surface area contributed by atoms with Crippen LogP contribution in [0.4, 0.5) is 0 Å². The van der Waals surface area contributed by atoms with Crippen LogP contribution < -0.4 is 16.5 Å². The topological polar surface area (TPSA) is 151 Å². The molecule has 5 N–H and O–H groups in total. The molecule has 0 saturated heterocycles. The molecule has 4 aromatic rings. The number of amides is 1. The van der Waals surface area contributed by atoms with Crippen molar-refractivity contribution in [2.75, 3.05) is 6.54 Å². The SMILES string of the molecule is N=C(N)c1ccc(C(=O)NCCc2ccc3c(=O)c(C(=O)O)cn(Cc4nccs4)c3c2)cc1. The van der Waals surface area contributed by atoms with E-state index < -0.39 is 11.4 Å². The molecule has 0 atom stereocenters. The number of amidine groups is 1. The number of carbonyl (C=O) groups is 2. The molecule has 2 aromatic heterocycles. The van der Waals surface area contributed by atoms with E-state index in [1.54, 1.807) is 47.2 Å². The number of nitrogens with one attached hydrogen (secondary N) is 2. The van der Waals surface area contributed by atoms with Gasteiger partial charge in [0.15, 0.2) is 0 Å². The van der Waals surface area contributed by atoms with Crippen LogP contribution in [0.3, 0.4) is 0 Å². The summed E-state index contributed by atoms with van der Waals surface area (Å²) in [4.78, 5) is 40.9. The number of aromatic nitrogens is 2. The van der Waals surface area contributed by atoms with Crippen molar-refractivity contribution < 1.29 is 14.7 Å². The van der Waals surface area contributed by atoms with Gasteiger partial charge in [-0.15, -0.1) is 11.3 Å². The number of benzene rings is 2. The molecule has 10 heteroatoms. The number of pyridine rings is 1. The minimum absolute atomic E-state index is 0.0629. The zero-order chi connectivity index (χ0) is 24.2. The zero-order valence-corrected chi connectivity index (χ0v) is 18.8. The van der Waals surface area contributed by atoms with Crippen LogP contribution in [0, 0.1) is 5.41 Å². The summed E-state index contributed by atoms with van der Waals surface area (Å²) in [5, 5.41) is 22.7. The molecule has 0 unspecified atom stereocenters. The normalized spacial score (nSPS) is 10.8. The van der Waals surface area contributed by atoms with E-state index in [2.05, 4.69) is 10.3 Å². The van der Waals surface area contributed by atoms with Gasteiger partial charge in [0, 0.05) is 40.8 Å². The van der Waals surface area contributed by atoms with Crippen molar-refractivity contribution >= 4 is 40.0 Å². The number of nitrogen functional groups attached to an aromatic ring is 1. The van der Waals surface area contributed by atoms with E-state index in [0.717, 1.165) is 10.6 Å². The number of nitrogens with two attached hydrogens (primary N) is 1. The van der Waals surface area contributed by atoms with Gasteiger partial charge in [-0.3, -0.25) is 15.0 Å². The Morgan fingerprint density at radius 1 is 1.15 bits per heavy atom. The summed E-state index contributed by atoms with van der Waals surface area (Å²) in [5.41, 5.74) is 7.10. The Bertz CT molecular complexity index is 1440. The van der Waals surface area contributed by atoms with Crippen LogP contribution in [0.1, 0.15) is 36.9 Å². The van der Waals surface area contributed by atoms with Gasteiger partial charge in [0.1, 0.15) is 16.4 Å². The van der Waals surface area contributed by atoms with Crippen molar-refractivity contribution in [2.24, 2.45) is 5.73 Å². The van der Waals surface area contributed by atoms with Crippen molar-refractivity contribution in [2.45, 2.75) is 13.0 Å². The predicted molar refractivity (Wildman–Crippen MR) is 130 cm³/mol. The molecule has 0 radical (unpaired) electrons. The first kappa shape index (κ1) is 22.9. The Labute approximate surface area is 198 Å². The molecule has 0 spiro atoms. The van der Waals surface area contributed by atoms with Gasteiger partial charge in [0.25, 0.3) is 5.91 Å². The van der Waals surface area contributed by atoms with Crippen molar-refractivity contribution in [1.82, 2.24) is 14.9 Å². The summed E-state index contributed by atoms with van der Waals surface area (Å²) >= 11 is 1.44. The monoisotopic (exact) mass is 475 g/mol. The standard InChI is InChI=1S/C24H21N5O4S/c25-22(26)15-2-4-16(5-3-15)23(31)28-8-7-14-1-6-17-19(11-14)29(13-20-27-9-10-34-20)12-18(21(17)30)24(32)33/h1-6,9-12H,7-8,13H2,(H3,25,26)(H,28,31)(H,32,33). The first-order valence-electron chi connectivity index (χ1n) is 10.3. The Morgan fingerprint density at radius 3 is 2.53 bits per heavy atom. The number of fused-ring (bicyclic) bond motifs is 1. The van der Waals surface area contributed by atoms with Gasteiger partial charge in [-0.25, -0.2) is 9.78 Å². The molecule has 172 valence electrons. The number of thiazole rings is 1. The maximum atomic E-state index is 12.7. The predicted octanol–water partition coefficient (Wildman–Crippen LogP) is 2.46. The minimum Gasteiger partial charge on any atom is -0.477 e. The van der Waals surface area contributed by atoms with E-state index in [1.165, 1.54) is 17.5 Å². The summed E-state index contributed by atoms with van der Waals surface area (Å²) in [7, 11) is 0. The van der Waals surface area contributed by atoms with Gasteiger partial charge >= 0.3 is 5.97 Å². The Hall–Kier alpha value is -4.31. The number of carboxylic acid groups (broad SMARTS) is 1. The highest BCUT2D eigenvalue weighted by atomic mass is 32.1. The molecular formula is C24H21N5O4S. The third-order valence-corrected chi connectivity index (χ3v) is 6.09. The van der Waals surface area contributed by atoms with Crippen LogP contribution in [0.5, 0.6) is 0 Å². The third kappa shape index (κ3) is 4.86. The van der Waals surface area contributed by atoms with Crippen LogP contribution in [-0.4, -0.2) is 38.9 Å². The van der Waals surface area contributed by atoms with E-state index in [1.807, 2.05) is 11.4 Å². The zero-order valence-electron chi connectivity index (χ0n) is 17.9. The molecule has 9 nitrogen and oxygen atoms in total. The van der Waals surface area contributed by atoms with E-state index >= 15 is 0 Å². The molecule has 0 aliphatic heterocycles. The van der Waals surface area contributed by atoms with Crippen LogP contribution in [0.25, 0.3) is 10.9 Å². The highest BCUT2D eigenvalue weighted by Gasteiger charge is 2.16. The van der Waals surface area contributed by atoms with Gasteiger partial charge < -0.3 is 20.7 Å². The van der Waals surface area contributed by atoms with Crippen molar-refractivity contribution in [1.29, 1.82) is 5.41 Å². The summed E-state index contributed by atoms with van der Waals surface area (Å²) in [6.45, 7) is 0.702. The molecule has 1 amide bonds. The number of hydrogen-bond acceptors (Lipinski definition) is 6. The highest BCUT2D eigenvalue weighted by Crippen LogP contribution is 2.18. The second-order valence-electron chi connectivity index (χ2n) is 7.58. The summed E-state index contributed by atoms with van der Waals surface area (Å²) in [6.07, 6.45) is 3.54. The molecule has 0 aliphatic rings. The van der Waals surface area contributed by atoms with Gasteiger partial charge in [0.2, 0.25) is 5.43 Å². The fourth-order valence-corrected chi connectivity index (χ4v) is 4.19. The van der Waals surface area contributed by atoms with Gasteiger partial charge in [-0.1, -0.05) is 18.2 Å². The quantitative estimate of drug-likeness (QED) is 0.227. The number of rotatable bonds is 8. The number of aromatic carboxylic acids is 1. The second-order valence-corrected chi connectivity index (χ2v) is 8.56. The van der Waals surface area contributed by atoms with E-state index in [-0.39, 0.29) is 17.3 Å². The lowest BCUT2D eigenvalue weighted by atomic mass is 10.1. The molecule has 4 rings (SSSR count). The Kier molecular flexibility index (Phi) is 6.51. The summed E-state index contributed by atoms with van der Waals surface area (Å²) in [5.74, 6) is -1.59. The first-order chi connectivity index (χ1) is 16.3. The first-order valence-corrected chi connectivity index (χ1v) is 11.2. The van der Waals surface area contributed by atoms with Crippen molar-refractivity contribution in [3.8, 4) is 0 Å². The van der Waals surface area contributed by atoms with Crippen LogP contribution >= 0.6 is 11.3 Å². The average molecular weight is 476 g/mol. The summed E-state index contributed by atoms with van der Waals surface area (Å²) < 4.78 is 1.72. The smallest absolute Gasteiger partial charge is 0.341 e. The number of nitrogens with zero attached hydrogens (tertiary/aromatic N) is 2. The van der Waals surface area contributed by atoms with Gasteiger partial charge in [-0.05, 0) is 36.2 Å². The largest absolute Gasteiger partial charge is 0.477 e. The second kappa shape index (κ2) is 9.67. The number of hydrogen-bond donors (Lipinski definition) is 4. The lowest BCUT2D eigenvalue weighted by Crippen LogP contribution is -2.26. The lowest BCUT2D eigenvalue weighted by Gasteiger charge is -2.13. The highest BCUT2D eigenvalue weighted by molar-refractivity contribution is 7.09. The third-order valence-electron chi connectivity index (χ3n) is 5.32. The molecule has 0 saturated carbocycles. The maximum Gasteiger partial charge on any atom is 0.341 e. The number of carbonyl (C=O) groups excluding carboxylic acids is 1. The molecule has 2 aromatic carbocycles. The number of carboxylic acids is 1. The lowest BCUT2D eigenvalue weighted by molar-refractivity contribution is 0.0694. The average Bonchev–Trinajstić information content (AvgIpc) is 3.33. The van der Waals surface area contributed by atoms with Crippen LogP contribution in [-0.2, 0) is 13.0 Å². The molecule has 34 heavy (non-hydrogen) atoms. The molecule has 0 aliphatic carbocycles. The molecular weight excluding hydrogens is 454 g/mol. The van der Waals surface area contributed by atoms with Crippen molar-refractivity contribution in [3.05, 3.63) is 97.7 Å². The minimum atomic E-state index is -1.28. The Morgan fingerprint density at radius 2 is 1.88 bits per heavy atom.